The van der Waals surface area contributed by atoms with E-state index < -0.39 is 0 Å². The largest absolute Gasteiger partial charge is 0.377 e. The van der Waals surface area contributed by atoms with E-state index in [2.05, 4.69) is 78.0 Å². The van der Waals surface area contributed by atoms with Gasteiger partial charge in [0, 0.05) is 19.7 Å². The maximum atomic E-state index is 5.56. The predicted octanol–water partition coefficient (Wildman–Crippen LogP) is 4.40. The first-order chi connectivity index (χ1) is 12.2. The van der Waals surface area contributed by atoms with Crippen molar-refractivity contribution in [3.63, 3.8) is 0 Å². The number of aryl methyl sites for hydroxylation is 1. The van der Waals surface area contributed by atoms with Gasteiger partial charge in [0.15, 0.2) is 5.96 Å². The fourth-order valence-corrected chi connectivity index (χ4v) is 2.47. The number of nitrogens with one attached hydrogen (secondary N) is 2. The van der Waals surface area contributed by atoms with Crippen LogP contribution in [-0.2, 0) is 24.4 Å². The smallest absolute Gasteiger partial charge is 0.191 e. The molecule has 2 aromatic rings. The number of rotatable bonds is 8. The maximum absolute atomic E-state index is 5.56. The van der Waals surface area contributed by atoms with E-state index in [1.54, 1.807) is 0 Å². The molecule has 2 aromatic carbocycles. The second-order valence-corrected chi connectivity index (χ2v) is 5.94. The summed E-state index contributed by atoms with van der Waals surface area (Å²) >= 11 is 0. The summed E-state index contributed by atoms with van der Waals surface area (Å²) in [6.45, 7) is 9.78. The Balaban J connectivity index is 0.00000338. The molecular formula is C21H30IN3O. The van der Waals surface area contributed by atoms with E-state index >= 15 is 0 Å². The van der Waals surface area contributed by atoms with Crippen LogP contribution in [0.3, 0.4) is 0 Å². The number of ether oxygens (including phenoxy) is 1. The van der Waals surface area contributed by atoms with Crippen LogP contribution in [0, 0.1) is 6.92 Å². The number of nitrogens with zero attached hydrogens (tertiary/aromatic N) is 1. The van der Waals surface area contributed by atoms with Crippen LogP contribution in [0.1, 0.15) is 36.1 Å². The number of hydrogen-bond donors (Lipinski definition) is 2. The highest BCUT2D eigenvalue weighted by molar-refractivity contribution is 14.0. The molecule has 4 nitrogen and oxygen atoms in total. The Labute approximate surface area is 174 Å². The predicted molar refractivity (Wildman–Crippen MR) is 120 cm³/mol. The SMILES string of the molecule is CCNC(=NCc1ccc(C)cc1)NCc1ccccc1COCC.I. The van der Waals surface area contributed by atoms with Gasteiger partial charge < -0.3 is 15.4 Å². The van der Waals surface area contributed by atoms with Gasteiger partial charge in [-0.2, -0.15) is 0 Å². The highest BCUT2D eigenvalue weighted by atomic mass is 127. The Hall–Kier alpha value is -1.60. The lowest BCUT2D eigenvalue weighted by Gasteiger charge is -2.14. The summed E-state index contributed by atoms with van der Waals surface area (Å²) in [5.74, 6) is 0.828. The Morgan fingerprint density at radius 2 is 1.65 bits per heavy atom. The third-order valence-electron chi connectivity index (χ3n) is 3.91. The minimum atomic E-state index is 0. The number of benzene rings is 2. The minimum Gasteiger partial charge on any atom is -0.377 e. The second kappa shape index (κ2) is 12.7. The molecule has 0 aliphatic heterocycles. The first kappa shape index (κ1) is 22.4. The van der Waals surface area contributed by atoms with Crippen molar-refractivity contribution in [2.45, 2.75) is 40.5 Å². The van der Waals surface area contributed by atoms with Crippen molar-refractivity contribution in [2.24, 2.45) is 4.99 Å². The van der Waals surface area contributed by atoms with Crippen molar-refractivity contribution < 1.29 is 4.74 Å². The first-order valence-electron chi connectivity index (χ1n) is 8.95. The lowest BCUT2D eigenvalue weighted by Crippen LogP contribution is -2.37. The van der Waals surface area contributed by atoms with Crippen molar-refractivity contribution >= 4 is 29.9 Å². The standard InChI is InChI=1S/C21H29N3O.HI/c1-4-22-21(23-14-18-12-10-17(3)11-13-18)24-15-19-8-6-7-9-20(19)16-25-5-2;/h6-13H,4-5,14-16H2,1-3H3,(H2,22,23,24);1H. The van der Waals surface area contributed by atoms with Crippen molar-refractivity contribution in [2.75, 3.05) is 13.2 Å². The quantitative estimate of drug-likeness (QED) is 0.344. The molecule has 0 radical (unpaired) electrons. The van der Waals surface area contributed by atoms with Gasteiger partial charge in [0.25, 0.3) is 0 Å². The van der Waals surface area contributed by atoms with Gasteiger partial charge in [-0.05, 0) is 37.5 Å². The average Bonchev–Trinajstić information content (AvgIpc) is 2.64. The number of halogens is 1. The molecule has 0 saturated heterocycles. The third-order valence-corrected chi connectivity index (χ3v) is 3.91. The van der Waals surface area contributed by atoms with E-state index in [9.17, 15) is 0 Å². The summed E-state index contributed by atoms with van der Waals surface area (Å²) in [5, 5.41) is 6.72. The molecule has 0 atom stereocenters. The molecule has 0 bridgehead atoms. The van der Waals surface area contributed by atoms with E-state index in [0.717, 1.165) is 25.7 Å². The van der Waals surface area contributed by atoms with Crippen LogP contribution in [0.2, 0.25) is 0 Å². The molecule has 0 unspecified atom stereocenters. The molecule has 0 heterocycles. The molecule has 0 fully saturated rings. The molecule has 5 heteroatoms. The van der Waals surface area contributed by atoms with E-state index in [1.807, 2.05) is 6.92 Å². The van der Waals surface area contributed by atoms with Gasteiger partial charge in [0.2, 0.25) is 0 Å². The molecule has 26 heavy (non-hydrogen) atoms. The summed E-state index contributed by atoms with van der Waals surface area (Å²) in [6, 6.07) is 16.8. The van der Waals surface area contributed by atoms with Crippen molar-refractivity contribution in [3.8, 4) is 0 Å². The van der Waals surface area contributed by atoms with E-state index in [0.29, 0.717) is 13.2 Å². The Kier molecular flexibility index (Phi) is 11.0. The lowest BCUT2D eigenvalue weighted by molar-refractivity contribution is 0.133. The van der Waals surface area contributed by atoms with E-state index in [4.69, 9.17) is 4.74 Å². The molecule has 0 aliphatic carbocycles. The number of guanidine groups is 1. The summed E-state index contributed by atoms with van der Waals surface area (Å²) in [4.78, 5) is 4.68. The first-order valence-corrected chi connectivity index (χ1v) is 8.95. The molecule has 2 rings (SSSR count). The summed E-state index contributed by atoms with van der Waals surface area (Å²) in [7, 11) is 0. The Morgan fingerprint density at radius 1 is 0.962 bits per heavy atom. The third kappa shape index (κ3) is 7.74. The van der Waals surface area contributed by atoms with Crippen LogP contribution >= 0.6 is 24.0 Å². The minimum absolute atomic E-state index is 0. The fourth-order valence-electron chi connectivity index (χ4n) is 2.47. The molecule has 0 amide bonds. The zero-order valence-corrected chi connectivity index (χ0v) is 18.2. The summed E-state index contributed by atoms with van der Waals surface area (Å²) in [5.41, 5.74) is 4.92. The van der Waals surface area contributed by atoms with Gasteiger partial charge >= 0.3 is 0 Å². The van der Waals surface area contributed by atoms with Gasteiger partial charge in [-0.1, -0.05) is 54.1 Å². The van der Waals surface area contributed by atoms with E-state index in [1.165, 1.54) is 22.3 Å². The van der Waals surface area contributed by atoms with Gasteiger partial charge in [-0.25, -0.2) is 4.99 Å². The van der Waals surface area contributed by atoms with Crippen LogP contribution in [-0.4, -0.2) is 19.1 Å². The topological polar surface area (TPSA) is 45.7 Å². The molecule has 0 spiro atoms. The van der Waals surface area contributed by atoms with E-state index in [-0.39, 0.29) is 24.0 Å². The monoisotopic (exact) mass is 467 g/mol. The zero-order chi connectivity index (χ0) is 17.9. The molecular weight excluding hydrogens is 437 g/mol. The summed E-state index contributed by atoms with van der Waals surface area (Å²) < 4.78 is 5.56. The highest BCUT2D eigenvalue weighted by Crippen LogP contribution is 2.10. The zero-order valence-electron chi connectivity index (χ0n) is 15.9. The van der Waals surface area contributed by atoms with Gasteiger partial charge in [-0.3, -0.25) is 0 Å². The Morgan fingerprint density at radius 3 is 2.31 bits per heavy atom. The second-order valence-electron chi connectivity index (χ2n) is 5.94. The van der Waals surface area contributed by atoms with Crippen molar-refractivity contribution in [3.05, 3.63) is 70.8 Å². The number of aliphatic imine (C=N–C) groups is 1. The normalized spacial score (nSPS) is 11.0. The average molecular weight is 467 g/mol. The van der Waals surface area contributed by atoms with Gasteiger partial charge in [-0.15, -0.1) is 24.0 Å². The molecule has 0 aromatic heterocycles. The molecule has 0 saturated carbocycles. The number of hydrogen-bond acceptors (Lipinski definition) is 2. The van der Waals surface area contributed by atoms with Gasteiger partial charge in [0.05, 0.1) is 13.2 Å². The fraction of sp³-hybridized carbons (Fsp3) is 0.381. The highest BCUT2D eigenvalue weighted by Gasteiger charge is 2.03. The van der Waals surface area contributed by atoms with Gasteiger partial charge in [0.1, 0.15) is 0 Å². The Bertz CT molecular complexity index is 671. The van der Waals surface area contributed by atoms with Crippen molar-refractivity contribution in [1.82, 2.24) is 10.6 Å². The maximum Gasteiger partial charge on any atom is 0.191 e. The van der Waals surface area contributed by atoms with Crippen LogP contribution in [0.15, 0.2) is 53.5 Å². The summed E-state index contributed by atoms with van der Waals surface area (Å²) in [6.07, 6.45) is 0. The van der Waals surface area contributed by atoms with Crippen LogP contribution in [0.5, 0.6) is 0 Å². The van der Waals surface area contributed by atoms with Crippen LogP contribution in [0.25, 0.3) is 0 Å². The molecule has 142 valence electrons. The molecule has 0 aliphatic rings. The van der Waals surface area contributed by atoms with Crippen LogP contribution < -0.4 is 10.6 Å². The molecule has 2 N–H and O–H groups in total. The van der Waals surface area contributed by atoms with Crippen molar-refractivity contribution in [1.29, 1.82) is 0 Å². The lowest BCUT2D eigenvalue weighted by atomic mass is 10.1. The van der Waals surface area contributed by atoms with Crippen LogP contribution in [0.4, 0.5) is 0 Å².